The second kappa shape index (κ2) is 6.95. The van der Waals surface area contributed by atoms with Gasteiger partial charge in [-0.25, -0.2) is 4.98 Å². The second-order valence-electron chi connectivity index (χ2n) is 7.78. The highest BCUT2D eigenvalue weighted by atomic mass is 32.1. The summed E-state index contributed by atoms with van der Waals surface area (Å²) in [7, 11) is 1.63. The monoisotopic (exact) mass is 393 g/mol. The highest BCUT2D eigenvalue weighted by Crippen LogP contribution is 2.40. The Morgan fingerprint density at radius 3 is 2.46 bits per heavy atom. The summed E-state index contributed by atoms with van der Waals surface area (Å²) in [6, 6.07) is 15.2. The number of nitrogens with one attached hydrogen (secondary N) is 1. The van der Waals surface area contributed by atoms with Gasteiger partial charge < -0.3 is 10.1 Å². The van der Waals surface area contributed by atoms with Crippen LogP contribution in [0.3, 0.4) is 0 Å². The molecule has 0 saturated heterocycles. The molecule has 1 amide bonds. The predicted octanol–water partition coefficient (Wildman–Crippen LogP) is 5.22. The van der Waals surface area contributed by atoms with Crippen molar-refractivity contribution < 1.29 is 9.53 Å². The predicted molar refractivity (Wildman–Crippen MR) is 113 cm³/mol. The van der Waals surface area contributed by atoms with Crippen molar-refractivity contribution in [3.63, 3.8) is 0 Å². The summed E-state index contributed by atoms with van der Waals surface area (Å²) in [6.07, 6.45) is 1.56. The van der Waals surface area contributed by atoms with Crippen LogP contribution in [0, 0.1) is 0 Å². The van der Waals surface area contributed by atoms with Crippen LogP contribution in [0.4, 0.5) is 11.4 Å². The van der Waals surface area contributed by atoms with Gasteiger partial charge in [-0.05, 0) is 36.4 Å². The number of carbonyl (C=O) groups excluding carboxylic acids is 1. The number of amides is 1. The Labute approximate surface area is 169 Å². The number of methoxy groups -OCH3 is 1. The number of nitrogens with zero attached hydrogens (tertiary/aromatic N) is 2. The smallest absolute Gasteiger partial charge is 0.262 e. The summed E-state index contributed by atoms with van der Waals surface area (Å²) >= 11 is 1.64. The van der Waals surface area contributed by atoms with Crippen molar-refractivity contribution in [1.29, 1.82) is 0 Å². The molecule has 0 saturated carbocycles. The number of anilines is 2. The molecule has 0 fully saturated rings. The lowest BCUT2D eigenvalue weighted by atomic mass is 9.98. The highest BCUT2D eigenvalue weighted by Gasteiger charge is 2.35. The van der Waals surface area contributed by atoms with E-state index < -0.39 is 0 Å². The van der Waals surface area contributed by atoms with Gasteiger partial charge in [-0.15, -0.1) is 11.3 Å². The highest BCUT2D eigenvalue weighted by molar-refractivity contribution is 7.11. The first-order valence-corrected chi connectivity index (χ1v) is 9.99. The van der Waals surface area contributed by atoms with Crippen LogP contribution >= 0.6 is 11.3 Å². The van der Waals surface area contributed by atoms with Crippen molar-refractivity contribution in [3.8, 4) is 5.75 Å². The Morgan fingerprint density at radius 2 is 1.82 bits per heavy atom. The molecule has 1 aliphatic heterocycles. The van der Waals surface area contributed by atoms with Crippen molar-refractivity contribution in [3.05, 3.63) is 70.2 Å². The lowest BCUT2D eigenvalue weighted by Crippen LogP contribution is -2.42. The van der Waals surface area contributed by atoms with E-state index in [1.165, 1.54) is 0 Å². The van der Waals surface area contributed by atoms with E-state index in [1.54, 1.807) is 23.3 Å². The summed E-state index contributed by atoms with van der Waals surface area (Å²) < 4.78 is 5.26. The van der Waals surface area contributed by atoms with Crippen LogP contribution in [0.25, 0.3) is 0 Å². The Morgan fingerprint density at radius 1 is 1.11 bits per heavy atom. The minimum atomic E-state index is -0.315. The van der Waals surface area contributed by atoms with Crippen molar-refractivity contribution in [2.24, 2.45) is 0 Å². The molecular formula is C22H23N3O2S. The fraction of sp³-hybridized carbons (Fsp3) is 0.273. The van der Waals surface area contributed by atoms with Gasteiger partial charge in [-0.3, -0.25) is 9.69 Å². The Kier molecular flexibility index (Phi) is 4.59. The fourth-order valence-electron chi connectivity index (χ4n) is 3.22. The average molecular weight is 394 g/mol. The quantitative estimate of drug-likeness (QED) is 0.663. The SMILES string of the molecule is COc1ccc(N2C(=O)c3ccccc3N[C@@H]2c2cnc(C(C)(C)C)s2)cc1. The third-order valence-corrected chi connectivity index (χ3v) is 6.19. The molecule has 2 heterocycles. The van der Waals surface area contributed by atoms with Gasteiger partial charge in [-0.1, -0.05) is 32.9 Å². The number of hydrogen-bond donors (Lipinski definition) is 1. The molecule has 6 heteroatoms. The summed E-state index contributed by atoms with van der Waals surface area (Å²) in [5.41, 5.74) is 2.27. The summed E-state index contributed by atoms with van der Waals surface area (Å²) in [4.78, 5) is 20.8. The van der Waals surface area contributed by atoms with Crippen molar-refractivity contribution in [2.75, 3.05) is 17.3 Å². The molecule has 5 nitrogen and oxygen atoms in total. The summed E-state index contributed by atoms with van der Waals surface area (Å²) in [5.74, 6) is 0.723. The Bertz CT molecular complexity index is 1010. The zero-order chi connectivity index (χ0) is 19.9. The number of benzene rings is 2. The van der Waals surface area contributed by atoms with Crippen LogP contribution in [-0.4, -0.2) is 18.0 Å². The molecule has 1 aromatic heterocycles. The number of rotatable bonds is 3. The van der Waals surface area contributed by atoms with Crippen LogP contribution in [0.15, 0.2) is 54.7 Å². The topological polar surface area (TPSA) is 54.5 Å². The third kappa shape index (κ3) is 3.24. The number of para-hydroxylation sites is 1. The Hall–Kier alpha value is -2.86. The number of hydrogen-bond acceptors (Lipinski definition) is 5. The van der Waals surface area contributed by atoms with Gasteiger partial charge in [0.1, 0.15) is 11.9 Å². The molecule has 0 spiro atoms. The molecule has 0 radical (unpaired) electrons. The van der Waals surface area contributed by atoms with Gasteiger partial charge >= 0.3 is 0 Å². The van der Waals surface area contributed by atoms with E-state index in [1.807, 2.05) is 54.7 Å². The number of ether oxygens (including phenoxy) is 1. The van der Waals surface area contributed by atoms with Crippen LogP contribution in [0.5, 0.6) is 5.75 Å². The van der Waals surface area contributed by atoms with Crippen molar-refractivity contribution in [1.82, 2.24) is 4.98 Å². The zero-order valence-corrected chi connectivity index (χ0v) is 17.2. The number of thiazole rings is 1. The summed E-state index contributed by atoms with van der Waals surface area (Å²) in [5, 5.41) is 4.58. The van der Waals surface area contributed by atoms with E-state index in [0.717, 1.165) is 27.0 Å². The van der Waals surface area contributed by atoms with E-state index in [4.69, 9.17) is 4.74 Å². The molecule has 0 unspecified atom stereocenters. The minimum absolute atomic E-state index is 0.0322. The molecule has 144 valence electrons. The first-order valence-electron chi connectivity index (χ1n) is 9.18. The second-order valence-corrected chi connectivity index (χ2v) is 8.85. The average Bonchev–Trinajstić information content (AvgIpc) is 3.19. The van der Waals surface area contributed by atoms with Gasteiger partial charge in [0, 0.05) is 23.0 Å². The first-order chi connectivity index (χ1) is 13.4. The molecule has 1 aliphatic rings. The maximum atomic E-state index is 13.4. The maximum Gasteiger partial charge on any atom is 0.262 e. The van der Waals surface area contributed by atoms with Gasteiger partial charge in [0.25, 0.3) is 5.91 Å². The minimum Gasteiger partial charge on any atom is -0.497 e. The molecule has 1 atom stereocenters. The lowest BCUT2D eigenvalue weighted by Gasteiger charge is -2.37. The van der Waals surface area contributed by atoms with Crippen LogP contribution in [0.2, 0.25) is 0 Å². The van der Waals surface area contributed by atoms with Crippen LogP contribution in [0.1, 0.15) is 47.2 Å². The van der Waals surface area contributed by atoms with E-state index in [-0.39, 0.29) is 17.5 Å². The van der Waals surface area contributed by atoms with Gasteiger partial charge in [-0.2, -0.15) is 0 Å². The molecule has 4 rings (SSSR count). The molecule has 1 N–H and O–H groups in total. The van der Waals surface area contributed by atoms with Gasteiger partial charge in [0.2, 0.25) is 0 Å². The molecule has 28 heavy (non-hydrogen) atoms. The number of fused-ring (bicyclic) bond motifs is 1. The van der Waals surface area contributed by atoms with Crippen LogP contribution in [-0.2, 0) is 5.41 Å². The molecule has 2 aromatic carbocycles. The molecule has 0 bridgehead atoms. The van der Waals surface area contributed by atoms with Crippen LogP contribution < -0.4 is 15.0 Å². The maximum absolute atomic E-state index is 13.4. The zero-order valence-electron chi connectivity index (χ0n) is 16.4. The van der Waals surface area contributed by atoms with Crippen molar-refractivity contribution in [2.45, 2.75) is 32.4 Å². The lowest BCUT2D eigenvalue weighted by molar-refractivity contribution is 0.0975. The first kappa shape index (κ1) is 18.5. The van der Waals surface area contributed by atoms with E-state index in [9.17, 15) is 4.79 Å². The molecule has 3 aromatic rings. The fourth-order valence-corrected chi connectivity index (χ4v) is 4.24. The normalized spacial score (nSPS) is 16.5. The third-order valence-electron chi connectivity index (χ3n) is 4.71. The van der Waals surface area contributed by atoms with E-state index in [0.29, 0.717) is 5.56 Å². The van der Waals surface area contributed by atoms with E-state index >= 15 is 0 Å². The number of carbonyl (C=O) groups is 1. The number of aromatic nitrogens is 1. The molecular weight excluding hydrogens is 370 g/mol. The largest absolute Gasteiger partial charge is 0.497 e. The van der Waals surface area contributed by atoms with E-state index in [2.05, 4.69) is 31.1 Å². The standard InChI is InChI=1S/C22H23N3O2S/c1-22(2,3)21-23-13-18(28-21)19-24-17-8-6-5-7-16(17)20(26)25(19)14-9-11-15(27-4)12-10-14/h5-13,19,24H,1-4H3/t19-/m0/s1. The molecule has 0 aliphatic carbocycles. The van der Waals surface area contributed by atoms with Crippen molar-refractivity contribution >= 4 is 28.6 Å². The van der Waals surface area contributed by atoms with Gasteiger partial charge in [0.05, 0.1) is 22.6 Å². The van der Waals surface area contributed by atoms with Gasteiger partial charge in [0.15, 0.2) is 0 Å². The summed E-state index contributed by atoms with van der Waals surface area (Å²) in [6.45, 7) is 6.43. The Balaban J connectivity index is 1.81.